The number of nitrogens with zero attached hydrogens (tertiary/aromatic N) is 3. The van der Waals surface area contributed by atoms with Crippen LogP contribution in [0.4, 0.5) is 0 Å². The Kier molecular flexibility index (Phi) is 5.64. The standard InChI is InChI=1S/C19H25N3O2/c1-2-22-13-10-18(20-22)19(23)21-11-8-17(9-12-21)15-24-14-16-6-4-3-5-7-16/h3-7,10,13,17H,2,8-9,11-12,14-15H2,1H3. The molecule has 5 heteroatoms. The zero-order chi connectivity index (χ0) is 16.8. The van der Waals surface area contributed by atoms with Gasteiger partial charge in [-0.3, -0.25) is 9.48 Å². The molecule has 0 unspecified atom stereocenters. The summed E-state index contributed by atoms with van der Waals surface area (Å²) in [5.41, 5.74) is 1.76. The second-order valence-corrected chi connectivity index (χ2v) is 6.29. The maximum absolute atomic E-state index is 12.5. The molecule has 1 aromatic heterocycles. The number of aromatic nitrogens is 2. The number of hydrogen-bond acceptors (Lipinski definition) is 3. The molecule has 2 heterocycles. The number of carbonyl (C=O) groups excluding carboxylic acids is 1. The summed E-state index contributed by atoms with van der Waals surface area (Å²) in [5.74, 6) is 0.580. The van der Waals surface area contributed by atoms with Gasteiger partial charge in [-0.15, -0.1) is 0 Å². The highest BCUT2D eigenvalue weighted by atomic mass is 16.5. The molecule has 0 spiro atoms. The Morgan fingerprint density at radius 2 is 1.96 bits per heavy atom. The van der Waals surface area contributed by atoms with Crippen molar-refractivity contribution in [1.82, 2.24) is 14.7 Å². The number of amides is 1. The van der Waals surface area contributed by atoms with E-state index in [0.717, 1.165) is 39.1 Å². The van der Waals surface area contributed by atoms with Crippen molar-refractivity contribution in [1.29, 1.82) is 0 Å². The van der Waals surface area contributed by atoms with Crippen LogP contribution in [0.3, 0.4) is 0 Å². The lowest BCUT2D eigenvalue weighted by Crippen LogP contribution is -2.39. The molecule has 0 bridgehead atoms. The zero-order valence-corrected chi connectivity index (χ0v) is 14.2. The zero-order valence-electron chi connectivity index (χ0n) is 14.2. The molecule has 0 atom stereocenters. The number of benzene rings is 1. The quantitative estimate of drug-likeness (QED) is 0.819. The first kappa shape index (κ1) is 16.7. The lowest BCUT2D eigenvalue weighted by molar-refractivity contribution is 0.0475. The van der Waals surface area contributed by atoms with E-state index in [1.54, 1.807) is 10.7 Å². The molecule has 5 nitrogen and oxygen atoms in total. The van der Waals surface area contributed by atoms with Crippen LogP contribution in [0, 0.1) is 5.92 Å². The van der Waals surface area contributed by atoms with Crippen LogP contribution >= 0.6 is 0 Å². The number of carbonyl (C=O) groups is 1. The fraction of sp³-hybridized carbons (Fsp3) is 0.474. The van der Waals surface area contributed by atoms with Crippen molar-refractivity contribution < 1.29 is 9.53 Å². The lowest BCUT2D eigenvalue weighted by Gasteiger charge is -2.31. The number of likely N-dealkylation sites (tertiary alicyclic amines) is 1. The third-order valence-electron chi connectivity index (χ3n) is 4.55. The molecular weight excluding hydrogens is 302 g/mol. The Morgan fingerprint density at radius 1 is 1.21 bits per heavy atom. The van der Waals surface area contributed by atoms with Gasteiger partial charge in [-0.1, -0.05) is 30.3 Å². The first-order chi connectivity index (χ1) is 11.8. The van der Waals surface area contributed by atoms with Crippen LogP contribution in [-0.2, 0) is 17.9 Å². The summed E-state index contributed by atoms with van der Waals surface area (Å²) < 4.78 is 7.63. The Hall–Kier alpha value is -2.14. The van der Waals surface area contributed by atoms with E-state index in [4.69, 9.17) is 4.74 Å². The minimum atomic E-state index is 0.0471. The average molecular weight is 327 g/mol. The molecule has 0 N–H and O–H groups in total. The largest absolute Gasteiger partial charge is 0.376 e. The highest BCUT2D eigenvalue weighted by molar-refractivity contribution is 5.92. The molecule has 0 aliphatic carbocycles. The van der Waals surface area contributed by atoms with Gasteiger partial charge in [0.1, 0.15) is 5.69 Å². The highest BCUT2D eigenvalue weighted by Crippen LogP contribution is 2.19. The summed E-state index contributed by atoms with van der Waals surface area (Å²) in [7, 11) is 0. The van der Waals surface area contributed by atoms with Gasteiger partial charge in [-0.25, -0.2) is 0 Å². The summed E-state index contributed by atoms with van der Waals surface area (Å²) in [6.07, 6.45) is 3.85. The van der Waals surface area contributed by atoms with E-state index in [1.807, 2.05) is 36.2 Å². The number of rotatable bonds is 6. The van der Waals surface area contributed by atoms with E-state index in [1.165, 1.54) is 5.56 Å². The predicted octanol–water partition coefficient (Wildman–Crippen LogP) is 2.97. The number of piperidine rings is 1. The van der Waals surface area contributed by atoms with E-state index in [2.05, 4.69) is 17.2 Å². The van der Waals surface area contributed by atoms with Gasteiger partial charge in [0.2, 0.25) is 0 Å². The molecule has 2 aromatic rings. The molecule has 128 valence electrons. The van der Waals surface area contributed by atoms with E-state index in [0.29, 0.717) is 18.2 Å². The first-order valence-corrected chi connectivity index (χ1v) is 8.70. The maximum Gasteiger partial charge on any atom is 0.274 e. The van der Waals surface area contributed by atoms with E-state index < -0.39 is 0 Å². The van der Waals surface area contributed by atoms with Crippen LogP contribution in [0.2, 0.25) is 0 Å². The topological polar surface area (TPSA) is 47.4 Å². The highest BCUT2D eigenvalue weighted by Gasteiger charge is 2.24. The number of hydrogen-bond donors (Lipinski definition) is 0. The smallest absolute Gasteiger partial charge is 0.274 e. The number of aryl methyl sites for hydroxylation is 1. The predicted molar refractivity (Wildman–Crippen MR) is 92.6 cm³/mol. The summed E-state index contributed by atoms with van der Waals surface area (Å²) in [6, 6.07) is 12.0. The van der Waals surface area contributed by atoms with Crippen molar-refractivity contribution in [3.63, 3.8) is 0 Å². The van der Waals surface area contributed by atoms with E-state index in [-0.39, 0.29) is 5.91 Å². The minimum Gasteiger partial charge on any atom is -0.376 e. The third kappa shape index (κ3) is 4.23. The van der Waals surface area contributed by atoms with Gasteiger partial charge in [-0.2, -0.15) is 5.10 Å². The van der Waals surface area contributed by atoms with Crippen LogP contribution in [0.1, 0.15) is 35.8 Å². The van der Waals surface area contributed by atoms with Gasteiger partial charge >= 0.3 is 0 Å². The van der Waals surface area contributed by atoms with Crippen LogP contribution in [0.25, 0.3) is 0 Å². The molecule has 1 saturated heterocycles. The fourth-order valence-electron chi connectivity index (χ4n) is 3.03. The molecule has 1 amide bonds. The van der Waals surface area contributed by atoms with Crippen LogP contribution in [0.5, 0.6) is 0 Å². The van der Waals surface area contributed by atoms with Gasteiger partial charge in [0.05, 0.1) is 6.61 Å². The van der Waals surface area contributed by atoms with Crippen LogP contribution < -0.4 is 0 Å². The summed E-state index contributed by atoms with van der Waals surface area (Å²) in [6.45, 7) is 5.81. The molecule has 1 fully saturated rings. The Morgan fingerprint density at radius 3 is 2.62 bits per heavy atom. The van der Waals surface area contributed by atoms with Crippen molar-refractivity contribution in [3.05, 3.63) is 53.9 Å². The molecule has 0 radical (unpaired) electrons. The van der Waals surface area contributed by atoms with Crippen molar-refractivity contribution in [2.75, 3.05) is 19.7 Å². The van der Waals surface area contributed by atoms with Crippen molar-refractivity contribution in [2.24, 2.45) is 5.92 Å². The first-order valence-electron chi connectivity index (χ1n) is 8.70. The van der Waals surface area contributed by atoms with Gasteiger partial charge in [-0.05, 0) is 37.3 Å². The van der Waals surface area contributed by atoms with Crippen molar-refractivity contribution in [2.45, 2.75) is 32.9 Å². The molecule has 24 heavy (non-hydrogen) atoms. The van der Waals surface area contributed by atoms with Crippen molar-refractivity contribution >= 4 is 5.91 Å². The molecular formula is C19H25N3O2. The van der Waals surface area contributed by atoms with E-state index in [9.17, 15) is 4.79 Å². The normalized spacial score (nSPS) is 15.6. The third-order valence-corrected chi connectivity index (χ3v) is 4.55. The maximum atomic E-state index is 12.5. The van der Waals surface area contributed by atoms with E-state index >= 15 is 0 Å². The second kappa shape index (κ2) is 8.11. The average Bonchev–Trinajstić information content (AvgIpc) is 3.12. The minimum absolute atomic E-state index is 0.0471. The van der Waals surface area contributed by atoms with Gasteiger partial charge in [0.25, 0.3) is 5.91 Å². The SMILES string of the molecule is CCn1ccc(C(=O)N2CCC(COCc3ccccc3)CC2)n1. The van der Waals surface area contributed by atoms with Gasteiger partial charge in [0, 0.05) is 32.4 Å². The van der Waals surface area contributed by atoms with Crippen molar-refractivity contribution in [3.8, 4) is 0 Å². The van der Waals surface area contributed by atoms with Crippen LogP contribution in [0.15, 0.2) is 42.6 Å². The van der Waals surface area contributed by atoms with Crippen LogP contribution in [-0.4, -0.2) is 40.3 Å². The van der Waals surface area contributed by atoms with Gasteiger partial charge < -0.3 is 9.64 Å². The Bertz CT molecular complexity index is 646. The molecule has 1 aliphatic rings. The molecule has 1 aliphatic heterocycles. The molecule has 1 aromatic carbocycles. The summed E-state index contributed by atoms with van der Waals surface area (Å²) >= 11 is 0. The second-order valence-electron chi connectivity index (χ2n) is 6.29. The lowest BCUT2D eigenvalue weighted by atomic mass is 9.97. The summed E-state index contributed by atoms with van der Waals surface area (Å²) in [4.78, 5) is 14.4. The fourth-order valence-corrected chi connectivity index (χ4v) is 3.03. The van der Waals surface area contributed by atoms with Gasteiger partial charge in [0.15, 0.2) is 0 Å². The molecule has 3 rings (SSSR count). The Balaban J connectivity index is 1.41. The summed E-state index contributed by atoms with van der Waals surface area (Å²) in [5, 5.41) is 4.31. The number of ether oxygens (including phenoxy) is 1. The monoisotopic (exact) mass is 327 g/mol. The molecule has 0 saturated carbocycles. The Labute approximate surface area is 143 Å².